The summed E-state index contributed by atoms with van der Waals surface area (Å²) in [6, 6.07) is 12.8. The summed E-state index contributed by atoms with van der Waals surface area (Å²) in [5, 5.41) is 2.73. The first kappa shape index (κ1) is 22.1. The molecule has 2 rings (SSSR count). The first-order valence-corrected chi connectivity index (χ1v) is 9.27. The molecule has 0 saturated heterocycles. The molecule has 0 bridgehead atoms. The number of pyridine rings is 1. The maximum atomic E-state index is 11.5. The van der Waals surface area contributed by atoms with Crippen LogP contribution in [-0.4, -0.2) is 16.7 Å². The summed E-state index contributed by atoms with van der Waals surface area (Å²) in [5.74, 6) is 0.445. The molecule has 1 heterocycles. The summed E-state index contributed by atoms with van der Waals surface area (Å²) in [6.07, 6.45) is 12.6. The molecule has 0 aliphatic carbocycles. The number of carbonyl (C=O) groups excluding carboxylic acids is 1. The normalized spacial score (nSPS) is 12.3. The van der Waals surface area contributed by atoms with Gasteiger partial charge in [0.25, 0.3) is 0 Å². The van der Waals surface area contributed by atoms with Crippen LogP contribution in [0.4, 0.5) is 11.5 Å². The average molecular weight is 399 g/mol. The van der Waals surface area contributed by atoms with Gasteiger partial charge < -0.3 is 16.8 Å². The van der Waals surface area contributed by atoms with Crippen LogP contribution in [-0.2, 0) is 4.79 Å². The van der Waals surface area contributed by atoms with E-state index in [-0.39, 0.29) is 11.7 Å². The van der Waals surface area contributed by atoms with Crippen LogP contribution in [0.3, 0.4) is 0 Å². The lowest BCUT2D eigenvalue weighted by Gasteiger charge is -2.06. The first-order valence-electron chi connectivity index (χ1n) is 9.27. The summed E-state index contributed by atoms with van der Waals surface area (Å²) < 4.78 is 0. The number of anilines is 1. The number of aliphatic imine (C=N–C) groups is 1. The minimum absolute atomic E-state index is 0.263. The quantitative estimate of drug-likeness (QED) is 0.251. The molecular formula is C24H25N5O. The number of allylic oxidation sites excluding steroid dienone is 5. The molecule has 2 aromatic rings. The summed E-state index contributed by atoms with van der Waals surface area (Å²) in [5.41, 5.74) is 14.7. The number of nitrogens with one attached hydrogen (secondary N) is 1. The van der Waals surface area contributed by atoms with Crippen molar-refractivity contribution in [2.45, 2.75) is 6.42 Å². The van der Waals surface area contributed by atoms with E-state index in [1.54, 1.807) is 24.3 Å². The molecule has 1 aromatic carbocycles. The van der Waals surface area contributed by atoms with Crippen LogP contribution in [0.25, 0.3) is 11.3 Å². The fourth-order valence-corrected chi connectivity index (χ4v) is 2.43. The van der Waals surface area contributed by atoms with Gasteiger partial charge in [-0.25, -0.2) is 9.98 Å². The molecule has 0 atom stereocenters. The van der Waals surface area contributed by atoms with Crippen molar-refractivity contribution in [2.75, 3.05) is 5.32 Å². The molecule has 0 radical (unpaired) electrons. The van der Waals surface area contributed by atoms with E-state index in [2.05, 4.69) is 28.5 Å². The van der Waals surface area contributed by atoms with Gasteiger partial charge in [0.05, 0.1) is 5.69 Å². The number of carbonyl (C=O) groups is 1. The Balaban J connectivity index is 2.15. The van der Waals surface area contributed by atoms with E-state index in [9.17, 15) is 4.79 Å². The zero-order valence-corrected chi connectivity index (χ0v) is 16.7. The van der Waals surface area contributed by atoms with Gasteiger partial charge in [-0.1, -0.05) is 61.7 Å². The van der Waals surface area contributed by atoms with Crippen LogP contribution in [0.5, 0.6) is 0 Å². The lowest BCUT2D eigenvalue weighted by atomic mass is 10.1. The number of benzene rings is 1. The first-order chi connectivity index (χ1) is 14.5. The van der Waals surface area contributed by atoms with Gasteiger partial charge >= 0.3 is 0 Å². The number of aromatic nitrogens is 1. The monoisotopic (exact) mass is 399 g/mol. The largest absolute Gasteiger partial charge is 0.402 e. The fraction of sp³-hybridized carbons (Fsp3) is 0.0417. The molecule has 0 fully saturated rings. The Morgan fingerprint density at radius 3 is 2.67 bits per heavy atom. The van der Waals surface area contributed by atoms with Crippen molar-refractivity contribution >= 4 is 23.2 Å². The van der Waals surface area contributed by atoms with Gasteiger partial charge in [0.1, 0.15) is 5.84 Å². The Hall–Kier alpha value is -4.19. The van der Waals surface area contributed by atoms with Crippen molar-refractivity contribution in [1.29, 1.82) is 0 Å². The fourth-order valence-electron chi connectivity index (χ4n) is 2.43. The van der Waals surface area contributed by atoms with Crippen molar-refractivity contribution in [3.8, 4) is 11.3 Å². The second-order valence-corrected chi connectivity index (χ2v) is 6.16. The van der Waals surface area contributed by atoms with Crippen molar-refractivity contribution in [3.63, 3.8) is 0 Å². The van der Waals surface area contributed by atoms with Crippen LogP contribution >= 0.6 is 0 Å². The Morgan fingerprint density at radius 1 is 1.10 bits per heavy atom. The number of rotatable bonds is 9. The van der Waals surface area contributed by atoms with E-state index in [1.165, 1.54) is 6.08 Å². The second-order valence-electron chi connectivity index (χ2n) is 6.16. The third kappa shape index (κ3) is 7.44. The van der Waals surface area contributed by atoms with Crippen LogP contribution in [0.1, 0.15) is 6.42 Å². The van der Waals surface area contributed by atoms with Gasteiger partial charge in [0.15, 0.2) is 5.82 Å². The molecule has 1 aromatic heterocycles. The highest BCUT2D eigenvalue weighted by atomic mass is 16.1. The molecule has 6 heteroatoms. The Labute approximate surface area is 176 Å². The summed E-state index contributed by atoms with van der Waals surface area (Å²) in [4.78, 5) is 20.3. The highest BCUT2D eigenvalue weighted by Gasteiger charge is 2.04. The van der Waals surface area contributed by atoms with Crippen molar-refractivity contribution in [2.24, 2.45) is 16.5 Å². The molecule has 0 spiro atoms. The van der Waals surface area contributed by atoms with Crippen molar-refractivity contribution < 1.29 is 4.79 Å². The van der Waals surface area contributed by atoms with Gasteiger partial charge in [0, 0.05) is 23.4 Å². The zero-order valence-electron chi connectivity index (χ0n) is 16.7. The number of nitrogens with zero attached hydrogens (tertiary/aromatic N) is 2. The van der Waals surface area contributed by atoms with E-state index >= 15 is 0 Å². The third-order valence-corrected chi connectivity index (χ3v) is 3.77. The predicted octanol–water partition coefficient (Wildman–Crippen LogP) is 4.39. The molecule has 5 N–H and O–H groups in total. The molecule has 6 nitrogen and oxygen atoms in total. The van der Waals surface area contributed by atoms with Crippen LogP contribution in [0.15, 0.2) is 109 Å². The molecule has 1 amide bonds. The molecule has 0 aliphatic rings. The van der Waals surface area contributed by atoms with Gasteiger partial charge in [-0.3, -0.25) is 4.79 Å². The number of amidine groups is 1. The lowest BCUT2D eigenvalue weighted by molar-refractivity contribution is -0.111. The van der Waals surface area contributed by atoms with Gasteiger partial charge in [-0.15, -0.1) is 0 Å². The molecule has 0 unspecified atom stereocenters. The van der Waals surface area contributed by atoms with Gasteiger partial charge in [-0.05, 0) is 36.4 Å². The SMILES string of the molecule is C=C/C=C\C=C/C/C(N)=C/C(N)=Nc1cccc(-c2cccc(NC(=O)C=C)c2)n1. The lowest BCUT2D eigenvalue weighted by Crippen LogP contribution is -2.11. The maximum Gasteiger partial charge on any atom is 0.247 e. The maximum absolute atomic E-state index is 11.5. The summed E-state index contributed by atoms with van der Waals surface area (Å²) in [7, 11) is 0. The summed E-state index contributed by atoms with van der Waals surface area (Å²) >= 11 is 0. The zero-order chi connectivity index (χ0) is 21.8. The van der Waals surface area contributed by atoms with Crippen LogP contribution in [0.2, 0.25) is 0 Å². The number of hydrogen-bond acceptors (Lipinski definition) is 4. The predicted molar refractivity (Wildman–Crippen MR) is 125 cm³/mol. The van der Waals surface area contributed by atoms with Crippen molar-refractivity contribution in [3.05, 3.63) is 104 Å². The highest BCUT2D eigenvalue weighted by Crippen LogP contribution is 2.23. The second kappa shape index (κ2) is 11.6. The number of amides is 1. The molecular weight excluding hydrogens is 374 g/mol. The van der Waals surface area contributed by atoms with Crippen molar-refractivity contribution in [1.82, 2.24) is 4.98 Å². The Bertz CT molecular complexity index is 1030. The topological polar surface area (TPSA) is 106 Å². The van der Waals surface area contributed by atoms with E-state index in [0.29, 0.717) is 29.3 Å². The standard InChI is InChI=1S/C24H25N5O/c1-3-5-6-7-8-12-19(25)17-22(26)29-23-15-10-14-21(28-23)18-11-9-13-20(16-18)27-24(30)4-2/h3-11,13-17H,1-2,12,25H2,(H,27,30)(H2,26,28,29)/b6-5-,8-7-,19-17-. The molecule has 0 aliphatic heterocycles. The average Bonchev–Trinajstić information content (AvgIpc) is 2.73. The number of hydrogen-bond donors (Lipinski definition) is 3. The van der Waals surface area contributed by atoms with E-state index < -0.39 is 0 Å². The van der Waals surface area contributed by atoms with E-state index in [1.807, 2.05) is 54.6 Å². The van der Waals surface area contributed by atoms with Gasteiger partial charge in [-0.2, -0.15) is 0 Å². The molecule has 152 valence electrons. The van der Waals surface area contributed by atoms with E-state index in [0.717, 1.165) is 5.56 Å². The smallest absolute Gasteiger partial charge is 0.247 e. The molecule has 0 saturated carbocycles. The summed E-state index contributed by atoms with van der Waals surface area (Å²) in [6.45, 7) is 7.05. The molecule has 30 heavy (non-hydrogen) atoms. The number of nitrogens with two attached hydrogens (primary N) is 2. The van der Waals surface area contributed by atoms with Gasteiger partial charge in [0.2, 0.25) is 5.91 Å². The van der Waals surface area contributed by atoms with Crippen LogP contribution < -0.4 is 16.8 Å². The highest BCUT2D eigenvalue weighted by molar-refractivity contribution is 5.99. The van der Waals surface area contributed by atoms with E-state index in [4.69, 9.17) is 11.5 Å². The Morgan fingerprint density at radius 2 is 1.90 bits per heavy atom. The third-order valence-electron chi connectivity index (χ3n) is 3.77. The minimum Gasteiger partial charge on any atom is -0.402 e. The Kier molecular flexibility index (Phi) is 8.55. The minimum atomic E-state index is -0.276. The van der Waals surface area contributed by atoms with Crippen LogP contribution in [0, 0.1) is 0 Å².